The molecule has 0 aliphatic carbocycles. The molecule has 0 fully saturated rings. The molecule has 2 N–H and O–H groups in total. The second-order valence-corrected chi connectivity index (χ2v) is 8.40. The number of aryl methyl sites for hydroxylation is 2. The Labute approximate surface area is 191 Å². The molecule has 6 nitrogen and oxygen atoms in total. The van der Waals surface area contributed by atoms with Crippen LogP contribution in [0.3, 0.4) is 0 Å². The topological polar surface area (TPSA) is 81.4 Å². The zero-order valence-corrected chi connectivity index (χ0v) is 18.1. The van der Waals surface area contributed by atoms with E-state index in [1.165, 1.54) is 0 Å². The van der Waals surface area contributed by atoms with Crippen molar-refractivity contribution in [3.63, 3.8) is 0 Å². The molecule has 160 valence electrons. The molecule has 0 aromatic heterocycles. The molecule has 0 saturated carbocycles. The van der Waals surface area contributed by atoms with Gasteiger partial charge in [-0.15, -0.1) is 0 Å². The van der Waals surface area contributed by atoms with Gasteiger partial charge in [0.25, 0.3) is 0 Å². The molecule has 3 aromatic rings. The average molecular weight is 432 g/mol. The summed E-state index contributed by atoms with van der Waals surface area (Å²) >= 11 is 0. The van der Waals surface area contributed by atoms with Crippen LogP contribution in [0.5, 0.6) is 11.5 Å². The van der Waals surface area contributed by atoms with Gasteiger partial charge in [0.1, 0.15) is 17.5 Å². The Bertz CT molecular complexity index is 1450. The van der Waals surface area contributed by atoms with E-state index in [9.17, 15) is 10.7 Å². The summed E-state index contributed by atoms with van der Waals surface area (Å²) in [5, 5.41) is 22.9. The van der Waals surface area contributed by atoms with Gasteiger partial charge in [-0.3, -0.25) is 10.3 Å². The van der Waals surface area contributed by atoms with Crippen LogP contribution in [0.25, 0.3) is 0 Å². The van der Waals surface area contributed by atoms with E-state index in [-0.39, 0.29) is 5.84 Å². The number of benzene rings is 3. The normalized spacial score (nSPS) is 20.3. The molecule has 1 unspecified atom stereocenters. The molecule has 0 spiro atoms. The number of hydrogen-bond donors (Lipinski definition) is 2. The van der Waals surface area contributed by atoms with E-state index >= 15 is 0 Å². The van der Waals surface area contributed by atoms with Crippen LogP contribution in [0.4, 0.5) is 11.4 Å². The Morgan fingerprint density at radius 1 is 0.939 bits per heavy atom. The van der Waals surface area contributed by atoms with Crippen LogP contribution in [-0.4, -0.2) is 5.84 Å². The van der Waals surface area contributed by atoms with Gasteiger partial charge in [-0.05, 0) is 54.8 Å². The molecule has 6 rings (SSSR count). The average Bonchev–Trinajstić information content (AvgIpc) is 3.40. The third kappa shape index (κ3) is 2.83. The van der Waals surface area contributed by atoms with Crippen molar-refractivity contribution < 1.29 is 9.47 Å². The Balaban J connectivity index is 1.60. The Morgan fingerprint density at radius 2 is 1.67 bits per heavy atom. The van der Waals surface area contributed by atoms with Crippen molar-refractivity contribution in [1.29, 1.82) is 10.7 Å². The number of hydrogen-bond acceptors (Lipinski definition) is 5. The van der Waals surface area contributed by atoms with E-state index in [0.29, 0.717) is 34.4 Å². The lowest BCUT2D eigenvalue weighted by Gasteiger charge is -2.33. The van der Waals surface area contributed by atoms with Gasteiger partial charge in [-0.25, -0.2) is 0 Å². The van der Waals surface area contributed by atoms with E-state index in [1.807, 2.05) is 80.6 Å². The zero-order valence-electron chi connectivity index (χ0n) is 18.1. The fourth-order valence-electron chi connectivity index (χ4n) is 4.60. The predicted molar refractivity (Wildman–Crippen MR) is 126 cm³/mol. The second kappa shape index (κ2) is 7.01. The highest BCUT2D eigenvalue weighted by atomic mass is 16.5. The number of rotatable bonds is 1. The van der Waals surface area contributed by atoms with Crippen molar-refractivity contribution in [1.82, 2.24) is 0 Å². The number of anilines is 2. The molecule has 0 bridgehead atoms. The summed E-state index contributed by atoms with van der Waals surface area (Å²) in [5.41, 5.74) is 5.62. The third-order valence-electron chi connectivity index (χ3n) is 6.15. The molecule has 3 heterocycles. The standard InChI is InChI=1S/C27H20N4O2/c1-15-8-10-19-21(12-15)32-26(30-19)24-23(17-6-4-3-5-7-17)18(14-28)27-31(25(24)29)20-11-9-16(2)13-22(20)33-27/h3-13,23,29-30H,1-2H3/b26-24-,29-25?. The van der Waals surface area contributed by atoms with Crippen LogP contribution >= 0.6 is 0 Å². The maximum atomic E-state index is 10.3. The number of fused-ring (bicyclic) bond motifs is 4. The summed E-state index contributed by atoms with van der Waals surface area (Å²) in [7, 11) is 0. The van der Waals surface area contributed by atoms with Crippen molar-refractivity contribution in [3.8, 4) is 17.6 Å². The van der Waals surface area contributed by atoms with Crippen LogP contribution in [0.15, 0.2) is 89.6 Å². The molecule has 0 radical (unpaired) electrons. The highest BCUT2D eigenvalue weighted by Crippen LogP contribution is 2.50. The Morgan fingerprint density at radius 3 is 2.42 bits per heavy atom. The third-order valence-corrected chi connectivity index (χ3v) is 6.15. The summed E-state index contributed by atoms with van der Waals surface area (Å²) in [5.74, 6) is 1.89. The molecule has 33 heavy (non-hydrogen) atoms. The largest absolute Gasteiger partial charge is 0.438 e. The summed E-state index contributed by atoms with van der Waals surface area (Å²) in [6, 6.07) is 23.9. The number of nitrogens with one attached hydrogen (secondary N) is 2. The number of amidine groups is 1. The van der Waals surface area contributed by atoms with E-state index < -0.39 is 5.92 Å². The lowest BCUT2D eigenvalue weighted by molar-refractivity contribution is 0.430. The van der Waals surface area contributed by atoms with Crippen LogP contribution in [0.1, 0.15) is 22.6 Å². The molecule has 1 atom stereocenters. The van der Waals surface area contributed by atoms with Crippen molar-refractivity contribution in [3.05, 3.63) is 106 Å². The maximum Gasteiger partial charge on any atom is 0.221 e. The summed E-state index contributed by atoms with van der Waals surface area (Å²) in [6.07, 6.45) is 0. The summed E-state index contributed by atoms with van der Waals surface area (Å²) in [6.45, 7) is 4.00. The Kier molecular flexibility index (Phi) is 4.08. The number of ether oxygens (including phenoxy) is 2. The fourth-order valence-corrected chi connectivity index (χ4v) is 4.60. The van der Waals surface area contributed by atoms with Crippen molar-refractivity contribution in [2.24, 2.45) is 0 Å². The highest BCUT2D eigenvalue weighted by molar-refractivity contribution is 6.15. The van der Waals surface area contributed by atoms with Gasteiger partial charge >= 0.3 is 0 Å². The summed E-state index contributed by atoms with van der Waals surface area (Å²) in [4.78, 5) is 1.70. The first-order valence-electron chi connectivity index (χ1n) is 10.7. The number of allylic oxidation sites excluding steroid dienone is 1. The molecule has 6 heteroatoms. The molecule has 0 amide bonds. The van der Waals surface area contributed by atoms with E-state index in [1.54, 1.807) is 4.90 Å². The number of nitriles is 1. The minimum Gasteiger partial charge on any atom is -0.438 e. The van der Waals surface area contributed by atoms with E-state index in [2.05, 4.69) is 11.4 Å². The second-order valence-electron chi connectivity index (χ2n) is 8.40. The number of nitrogens with zero attached hydrogens (tertiary/aromatic N) is 2. The van der Waals surface area contributed by atoms with E-state index in [4.69, 9.17) is 9.47 Å². The predicted octanol–water partition coefficient (Wildman–Crippen LogP) is 5.73. The van der Waals surface area contributed by atoms with Gasteiger partial charge in [0.15, 0.2) is 11.5 Å². The molecular weight excluding hydrogens is 412 g/mol. The van der Waals surface area contributed by atoms with Gasteiger partial charge in [0.05, 0.1) is 22.9 Å². The lowest BCUT2D eigenvalue weighted by Crippen LogP contribution is -2.39. The smallest absolute Gasteiger partial charge is 0.221 e. The Hall–Kier alpha value is -4.50. The first-order chi connectivity index (χ1) is 16.0. The zero-order chi connectivity index (χ0) is 22.7. The van der Waals surface area contributed by atoms with E-state index in [0.717, 1.165) is 28.1 Å². The molecule has 3 aliphatic rings. The van der Waals surface area contributed by atoms with Crippen molar-refractivity contribution in [2.45, 2.75) is 19.8 Å². The van der Waals surface area contributed by atoms with Crippen LogP contribution < -0.4 is 19.7 Å². The SMILES string of the molecule is Cc1ccc2c(c1)O/C(=C1\C(=N)N3C(=C(C#N)C1c1ccccc1)Oc1cc(C)ccc13)N2. The van der Waals surface area contributed by atoms with Crippen LogP contribution in [0.2, 0.25) is 0 Å². The van der Waals surface area contributed by atoms with Gasteiger partial charge in [-0.1, -0.05) is 42.5 Å². The van der Waals surface area contributed by atoms with Crippen LogP contribution in [0, 0.1) is 30.6 Å². The molecule has 3 aromatic carbocycles. The minimum atomic E-state index is -0.511. The molecule has 0 saturated heterocycles. The lowest BCUT2D eigenvalue weighted by atomic mass is 9.81. The highest BCUT2D eigenvalue weighted by Gasteiger charge is 2.46. The summed E-state index contributed by atoms with van der Waals surface area (Å²) < 4.78 is 12.4. The first-order valence-corrected chi connectivity index (χ1v) is 10.7. The maximum absolute atomic E-state index is 10.3. The fraction of sp³-hybridized carbons (Fsp3) is 0.111. The van der Waals surface area contributed by atoms with Crippen molar-refractivity contribution in [2.75, 3.05) is 10.2 Å². The first kappa shape index (κ1) is 19.2. The quantitative estimate of drug-likeness (QED) is 0.513. The molecular formula is C27H20N4O2. The van der Waals surface area contributed by atoms with Gasteiger partial charge in [0.2, 0.25) is 11.8 Å². The van der Waals surface area contributed by atoms with Crippen LogP contribution in [-0.2, 0) is 0 Å². The monoisotopic (exact) mass is 432 g/mol. The minimum absolute atomic E-state index is 0.215. The van der Waals surface area contributed by atoms with Gasteiger partial charge in [0, 0.05) is 0 Å². The van der Waals surface area contributed by atoms with Crippen molar-refractivity contribution >= 4 is 17.2 Å². The van der Waals surface area contributed by atoms with Gasteiger partial charge < -0.3 is 14.8 Å². The molecule has 3 aliphatic heterocycles. The van der Waals surface area contributed by atoms with Gasteiger partial charge in [-0.2, -0.15) is 5.26 Å².